The van der Waals surface area contributed by atoms with Crippen molar-refractivity contribution in [2.45, 2.75) is 25.4 Å². The van der Waals surface area contributed by atoms with Crippen molar-refractivity contribution in [3.8, 4) is 11.5 Å². The summed E-state index contributed by atoms with van der Waals surface area (Å²) in [5.74, 6) is 1.60. The third kappa shape index (κ3) is 4.50. The van der Waals surface area contributed by atoms with Gasteiger partial charge < -0.3 is 14.8 Å². The summed E-state index contributed by atoms with van der Waals surface area (Å²) in [6.45, 7) is 4.63. The average molecular weight is 451 g/mol. The predicted molar refractivity (Wildman–Crippen MR) is 127 cm³/mol. The van der Waals surface area contributed by atoms with E-state index in [1.807, 2.05) is 29.5 Å². The van der Waals surface area contributed by atoms with Gasteiger partial charge in [0.15, 0.2) is 22.3 Å². The van der Waals surface area contributed by atoms with Crippen LogP contribution in [0.15, 0.2) is 47.6 Å². The van der Waals surface area contributed by atoms with E-state index in [0.717, 1.165) is 27.7 Å². The third-order valence-corrected chi connectivity index (χ3v) is 6.23. The second kappa shape index (κ2) is 9.48. The number of rotatable bonds is 8. The first-order chi connectivity index (χ1) is 15.5. The van der Waals surface area contributed by atoms with Gasteiger partial charge in [0.25, 0.3) is 0 Å². The highest BCUT2D eigenvalue weighted by molar-refractivity contribution is 7.99. The minimum atomic E-state index is -0.0413. The Labute approximate surface area is 191 Å². The Hall–Kier alpha value is -3.26. The Balaban J connectivity index is 1.40. The lowest BCUT2D eigenvalue weighted by Gasteiger charge is -2.10. The number of ether oxygens (including phenoxy) is 2. The lowest BCUT2D eigenvalue weighted by molar-refractivity contribution is -0.118. The second-order valence-electron chi connectivity index (χ2n) is 7.61. The van der Waals surface area contributed by atoms with E-state index in [1.165, 1.54) is 17.3 Å². The molecule has 4 aromatic rings. The number of nitrogens with zero attached hydrogens (tertiary/aromatic N) is 3. The number of nitrogens with one attached hydrogen (secondary N) is 1. The fraction of sp³-hybridized carbons (Fsp3) is 0.292. The number of pyridine rings is 1. The zero-order valence-corrected chi connectivity index (χ0v) is 19.5. The highest BCUT2D eigenvalue weighted by atomic mass is 32.2. The first kappa shape index (κ1) is 22.0. The van der Waals surface area contributed by atoms with E-state index in [4.69, 9.17) is 9.47 Å². The maximum absolute atomic E-state index is 12.4. The average Bonchev–Trinajstić information content (AvgIpc) is 3.23. The van der Waals surface area contributed by atoms with Crippen LogP contribution in [0.5, 0.6) is 11.5 Å². The molecule has 0 atom stereocenters. The Morgan fingerprint density at radius 1 is 1.03 bits per heavy atom. The van der Waals surface area contributed by atoms with Crippen LogP contribution in [0, 0.1) is 13.8 Å². The summed E-state index contributed by atoms with van der Waals surface area (Å²) in [6.07, 6.45) is 0.702. The second-order valence-corrected chi connectivity index (χ2v) is 8.55. The summed E-state index contributed by atoms with van der Waals surface area (Å²) in [5, 5.41) is 13.5. The van der Waals surface area contributed by atoms with E-state index >= 15 is 0 Å². The molecule has 0 bridgehead atoms. The van der Waals surface area contributed by atoms with Crippen molar-refractivity contribution >= 4 is 34.2 Å². The predicted octanol–water partition coefficient (Wildman–Crippen LogP) is 3.97. The van der Waals surface area contributed by atoms with Gasteiger partial charge in [-0.05, 0) is 66.6 Å². The number of aromatic nitrogens is 3. The summed E-state index contributed by atoms with van der Waals surface area (Å²) in [4.78, 5) is 12.4. The van der Waals surface area contributed by atoms with Gasteiger partial charge in [-0.25, -0.2) is 0 Å². The van der Waals surface area contributed by atoms with Gasteiger partial charge in [0.1, 0.15) is 0 Å². The molecule has 0 aliphatic rings. The number of hydrogen-bond acceptors (Lipinski definition) is 6. The first-order valence-corrected chi connectivity index (χ1v) is 11.3. The van der Waals surface area contributed by atoms with Gasteiger partial charge >= 0.3 is 0 Å². The van der Waals surface area contributed by atoms with Gasteiger partial charge in [0, 0.05) is 6.54 Å². The molecular weight excluding hydrogens is 424 g/mol. The quantitative estimate of drug-likeness (QED) is 0.409. The van der Waals surface area contributed by atoms with Gasteiger partial charge in [-0.3, -0.25) is 9.20 Å². The molecular formula is C24H26N4O3S. The molecule has 2 aromatic carbocycles. The Bertz CT molecular complexity index is 1290. The van der Waals surface area contributed by atoms with Crippen molar-refractivity contribution in [1.82, 2.24) is 19.9 Å². The third-order valence-electron chi connectivity index (χ3n) is 5.30. The molecule has 0 saturated carbocycles. The van der Waals surface area contributed by atoms with Crippen LogP contribution in [0.2, 0.25) is 0 Å². The van der Waals surface area contributed by atoms with E-state index in [2.05, 4.69) is 46.7 Å². The number of methoxy groups -OCH3 is 2. The first-order valence-electron chi connectivity index (χ1n) is 10.4. The van der Waals surface area contributed by atoms with Crippen LogP contribution in [0.1, 0.15) is 16.7 Å². The Morgan fingerprint density at radius 2 is 1.84 bits per heavy atom. The molecule has 4 rings (SSSR count). The summed E-state index contributed by atoms with van der Waals surface area (Å²) in [6, 6.07) is 14.2. The van der Waals surface area contributed by atoms with Crippen molar-refractivity contribution in [2.75, 3.05) is 26.5 Å². The number of thioether (sulfide) groups is 1. The summed E-state index contributed by atoms with van der Waals surface area (Å²) < 4.78 is 12.6. The molecule has 1 amide bonds. The summed E-state index contributed by atoms with van der Waals surface area (Å²) >= 11 is 1.39. The van der Waals surface area contributed by atoms with E-state index < -0.39 is 0 Å². The maximum Gasteiger partial charge on any atom is 0.230 e. The highest BCUT2D eigenvalue weighted by Gasteiger charge is 2.14. The molecule has 0 aliphatic carbocycles. The van der Waals surface area contributed by atoms with E-state index in [9.17, 15) is 4.79 Å². The number of fused-ring (bicyclic) bond motifs is 3. The number of amides is 1. The van der Waals surface area contributed by atoms with Crippen LogP contribution < -0.4 is 14.8 Å². The topological polar surface area (TPSA) is 77.8 Å². The number of benzene rings is 2. The molecule has 0 unspecified atom stereocenters. The van der Waals surface area contributed by atoms with E-state index in [-0.39, 0.29) is 11.7 Å². The van der Waals surface area contributed by atoms with Crippen LogP contribution in [0.4, 0.5) is 0 Å². The molecule has 2 aromatic heterocycles. The highest BCUT2D eigenvalue weighted by Crippen LogP contribution is 2.28. The fourth-order valence-corrected chi connectivity index (χ4v) is 4.44. The maximum atomic E-state index is 12.4. The standard InChI is InChI=1S/C24H26N4O3S/c1-15-5-7-18-12-16(2)23-26-27-24(28(23)19(18)11-15)32-14-22(29)25-10-9-17-6-8-20(30-3)21(13-17)31-4/h5-8,11-13H,9-10,14H2,1-4H3,(H,25,29). The SMILES string of the molecule is COc1ccc(CCNC(=O)CSc2nnc3c(C)cc4ccc(C)cc4n23)cc1OC. The smallest absolute Gasteiger partial charge is 0.230 e. The van der Waals surface area contributed by atoms with Crippen molar-refractivity contribution in [2.24, 2.45) is 0 Å². The lowest BCUT2D eigenvalue weighted by Crippen LogP contribution is -2.27. The molecule has 0 radical (unpaired) electrons. The van der Waals surface area contributed by atoms with Gasteiger partial charge in [-0.1, -0.05) is 30.0 Å². The van der Waals surface area contributed by atoms with Crippen molar-refractivity contribution < 1.29 is 14.3 Å². The molecule has 8 heteroatoms. The Morgan fingerprint density at radius 3 is 2.62 bits per heavy atom. The number of carbonyl (C=O) groups excluding carboxylic acids is 1. The molecule has 0 saturated heterocycles. The zero-order chi connectivity index (χ0) is 22.7. The normalized spacial score (nSPS) is 11.1. The van der Waals surface area contributed by atoms with Crippen LogP contribution in [-0.4, -0.2) is 47.0 Å². The fourth-order valence-electron chi connectivity index (χ4n) is 3.67. The van der Waals surface area contributed by atoms with Crippen LogP contribution in [0.25, 0.3) is 16.6 Å². The van der Waals surface area contributed by atoms with Crippen molar-refractivity contribution in [1.29, 1.82) is 0 Å². The molecule has 7 nitrogen and oxygen atoms in total. The number of hydrogen-bond donors (Lipinski definition) is 1. The van der Waals surface area contributed by atoms with E-state index in [1.54, 1.807) is 14.2 Å². The van der Waals surface area contributed by atoms with Gasteiger partial charge in [-0.15, -0.1) is 10.2 Å². The van der Waals surface area contributed by atoms with E-state index in [0.29, 0.717) is 29.6 Å². The molecule has 0 spiro atoms. The van der Waals surface area contributed by atoms with Crippen LogP contribution >= 0.6 is 11.8 Å². The summed E-state index contributed by atoms with van der Waals surface area (Å²) in [5.41, 5.74) is 5.16. The van der Waals surface area contributed by atoms with Gasteiger partial charge in [0.2, 0.25) is 5.91 Å². The largest absolute Gasteiger partial charge is 0.493 e. The minimum absolute atomic E-state index is 0.0413. The van der Waals surface area contributed by atoms with Crippen LogP contribution in [-0.2, 0) is 11.2 Å². The molecule has 0 aliphatic heterocycles. The summed E-state index contributed by atoms with van der Waals surface area (Å²) in [7, 11) is 3.22. The number of carbonyl (C=O) groups is 1. The van der Waals surface area contributed by atoms with Gasteiger partial charge in [0.05, 0.1) is 25.5 Å². The molecule has 2 heterocycles. The van der Waals surface area contributed by atoms with Gasteiger partial charge in [-0.2, -0.15) is 0 Å². The molecule has 1 N–H and O–H groups in total. The lowest BCUT2D eigenvalue weighted by atomic mass is 10.1. The molecule has 32 heavy (non-hydrogen) atoms. The molecule has 166 valence electrons. The minimum Gasteiger partial charge on any atom is -0.493 e. The van der Waals surface area contributed by atoms with Crippen molar-refractivity contribution in [3.63, 3.8) is 0 Å². The van der Waals surface area contributed by atoms with Crippen LogP contribution in [0.3, 0.4) is 0 Å². The Kier molecular flexibility index (Phi) is 6.50. The molecule has 0 fully saturated rings. The zero-order valence-electron chi connectivity index (χ0n) is 18.6. The van der Waals surface area contributed by atoms with Crippen molar-refractivity contribution in [3.05, 3.63) is 59.2 Å². The number of aryl methyl sites for hydroxylation is 2. The monoisotopic (exact) mass is 450 g/mol.